The molecular formula is C15H21N3O. The van der Waals surface area contributed by atoms with Gasteiger partial charge in [-0.2, -0.15) is 4.98 Å². The van der Waals surface area contributed by atoms with Crippen LogP contribution in [0.2, 0.25) is 0 Å². The van der Waals surface area contributed by atoms with Crippen LogP contribution in [-0.2, 0) is 0 Å². The van der Waals surface area contributed by atoms with Crippen molar-refractivity contribution in [3.63, 3.8) is 0 Å². The zero-order valence-electron chi connectivity index (χ0n) is 11.8. The molecule has 0 spiro atoms. The smallest absolute Gasteiger partial charge is 0.226 e. The Morgan fingerprint density at radius 1 is 1.21 bits per heavy atom. The molecule has 0 bridgehead atoms. The van der Waals surface area contributed by atoms with E-state index in [2.05, 4.69) is 36.1 Å². The Hall–Kier alpha value is -1.84. The van der Waals surface area contributed by atoms with E-state index in [1.807, 2.05) is 24.3 Å². The second kappa shape index (κ2) is 6.36. The van der Waals surface area contributed by atoms with Gasteiger partial charge in [-0.1, -0.05) is 32.9 Å². The predicted molar refractivity (Wildman–Crippen MR) is 78.7 cm³/mol. The van der Waals surface area contributed by atoms with Gasteiger partial charge in [-0.15, -0.1) is 0 Å². The first-order valence-corrected chi connectivity index (χ1v) is 6.84. The Morgan fingerprint density at radius 3 is 2.74 bits per heavy atom. The zero-order chi connectivity index (χ0) is 13.7. The van der Waals surface area contributed by atoms with E-state index in [-0.39, 0.29) is 0 Å². The minimum atomic E-state index is 0.473. The normalized spacial score (nSPS) is 10.9. The lowest BCUT2D eigenvalue weighted by molar-refractivity contribution is 0.264. The van der Waals surface area contributed by atoms with Crippen LogP contribution in [0.3, 0.4) is 0 Å². The summed E-state index contributed by atoms with van der Waals surface area (Å²) in [4.78, 5) is 8.96. The molecule has 0 fully saturated rings. The summed E-state index contributed by atoms with van der Waals surface area (Å²) < 4.78 is 5.81. The Kier molecular flexibility index (Phi) is 4.55. The quantitative estimate of drug-likeness (QED) is 0.862. The molecule has 4 heteroatoms. The van der Waals surface area contributed by atoms with Crippen molar-refractivity contribution in [2.45, 2.75) is 27.2 Å². The van der Waals surface area contributed by atoms with Gasteiger partial charge in [0.05, 0.1) is 17.5 Å². The molecule has 0 aliphatic heterocycles. The highest BCUT2D eigenvalue weighted by Crippen LogP contribution is 2.24. The summed E-state index contributed by atoms with van der Waals surface area (Å²) in [7, 11) is 0. The topological polar surface area (TPSA) is 47.0 Å². The molecule has 0 saturated heterocycles. The number of fused-ring (bicyclic) bond motifs is 1. The maximum atomic E-state index is 5.81. The summed E-state index contributed by atoms with van der Waals surface area (Å²) >= 11 is 0. The van der Waals surface area contributed by atoms with Gasteiger partial charge in [0.1, 0.15) is 0 Å². The van der Waals surface area contributed by atoms with E-state index in [4.69, 9.17) is 4.74 Å². The average molecular weight is 259 g/mol. The van der Waals surface area contributed by atoms with Crippen LogP contribution in [0.25, 0.3) is 10.9 Å². The SMILES string of the molecule is CCCNc1nc(OCC(C)C)c2ccccc2n1. The maximum absolute atomic E-state index is 5.81. The van der Waals surface area contributed by atoms with E-state index in [0.717, 1.165) is 23.9 Å². The number of hydrogen-bond donors (Lipinski definition) is 1. The first-order chi connectivity index (χ1) is 9.20. The summed E-state index contributed by atoms with van der Waals surface area (Å²) in [5, 5.41) is 4.18. The molecular weight excluding hydrogens is 238 g/mol. The van der Waals surface area contributed by atoms with E-state index >= 15 is 0 Å². The molecule has 1 aromatic heterocycles. The van der Waals surface area contributed by atoms with E-state index in [1.54, 1.807) is 0 Å². The molecule has 1 N–H and O–H groups in total. The molecule has 2 aromatic rings. The molecule has 0 unspecified atom stereocenters. The number of nitrogens with zero attached hydrogens (tertiary/aromatic N) is 2. The Morgan fingerprint density at radius 2 is 2.00 bits per heavy atom. The minimum absolute atomic E-state index is 0.473. The van der Waals surface area contributed by atoms with Crippen LogP contribution >= 0.6 is 0 Å². The highest BCUT2D eigenvalue weighted by Gasteiger charge is 2.08. The number of anilines is 1. The largest absolute Gasteiger partial charge is 0.477 e. The van der Waals surface area contributed by atoms with Crippen LogP contribution in [0.1, 0.15) is 27.2 Å². The Labute approximate surface area is 114 Å². The number of rotatable bonds is 6. The third-order valence-corrected chi connectivity index (χ3v) is 2.65. The van der Waals surface area contributed by atoms with Crippen molar-refractivity contribution < 1.29 is 4.74 Å². The van der Waals surface area contributed by atoms with Gasteiger partial charge < -0.3 is 10.1 Å². The molecule has 1 aromatic carbocycles. The first-order valence-electron chi connectivity index (χ1n) is 6.84. The summed E-state index contributed by atoms with van der Waals surface area (Å²) in [5.74, 6) is 1.78. The van der Waals surface area contributed by atoms with Crippen LogP contribution in [0.15, 0.2) is 24.3 Å². The molecule has 0 aliphatic rings. The molecule has 0 aliphatic carbocycles. The molecule has 0 atom stereocenters. The van der Waals surface area contributed by atoms with Gasteiger partial charge in [0.15, 0.2) is 0 Å². The van der Waals surface area contributed by atoms with Crippen LogP contribution < -0.4 is 10.1 Å². The lowest BCUT2D eigenvalue weighted by Crippen LogP contribution is -2.09. The van der Waals surface area contributed by atoms with E-state index < -0.39 is 0 Å². The predicted octanol–water partition coefficient (Wildman–Crippen LogP) is 3.49. The Bertz CT molecular complexity index is 540. The standard InChI is InChI=1S/C15H21N3O/c1-4-9-16-15-17-13-8-6-5-7-12(13)14(18-15)19-10-11(2)3/h5-8,11H,4,9-10H2,1-3H3,(H,16,17,18). The van der Waals surface area contributed by atoms with E-state index in [0.29, 0.717) is 24.4 Å². The number of para-hydroxylation sites is 1. The molecule has 0 amide bonds. The maximum Gasteiger partial charge on any atom is 0.226 e. The van der Waals surface area contributed by atoms with Crippen molar-refractivity contribution >= 4 is 16.9 Å². The summed E-state index contributed by atoms with van der Waals surface area (Å²) in [5.41, 5.74) is 0.912. The lowest BCUT2D eigenvalue weighted by atomic mass is 10.2. The second-order valence-corrected chi connectivity index (χ2v) is 5.00. The summed E-state index contributed by atoms with van der Waals surface area (Å²) in [6, 6.07) is 7.93. The van der Waals surface area contributed by atoms with Crippen LogP contribution in [0, 0.1) is 5.92 Å². The number of benzene rings is 1. The molecule has 4 nitrogen and oxygen atoms in total. The van der Waals surface area contributed by atoms with Crippen LogP contribution in [0.5, 0.6) is 5.88 Å². The van der Waals surface area contributed by atoms with Crippen molar-refractivity contribution in [2.24, 2.45) is 5.92 Å². The van der Waals surface area contributed by atoms with Crippen molar-refractivity contribution in [3.8, 4) is 5.88 Å². The second-order valence-electron chi connectivity index (χ2n) is 5.00. The molecule has 1 heterocycles. The minimum Gasteiger partial charge on any atom is -0.477 e. The van der Waals surface area contributed by atoms with E-state index in [1.165, 1.54) is 0 Å². The van der Waals surface area contributed by atoms with Crippen LogP contribution in [0.4, 0.5) is 5.95 Å². The molecule has 19 heavy (non-hydrogen) atoms. The van der Waals surface area contributed by atoms with Gasteiger partial charge in [-0.25, -0.2) is 4.98 Å². The Balaban J connectivity index is 2.33. The van der Waals surface area contributed by atoms with Gasteiger partial charge >= 0.3 is 0 Å². The fourth-order valence-electron chi connectivity index (χ4n) is 1.72. The fraction of sp³-hybridized carbons (Fsp3) is 0.467. The van der Waals surface area contributed by atoms with Crippen molar-refractivity contribution in [1.82, 2.24) is 9.97 Å². The van der Waals surface area contributed by atoms with Gasteiger partial charge in [-0.05, 0) is 24.5 Å². The highest BCUT2D eigenvalue weighted by molar-refractivity contribution is 5.84. The van der Waals surface area contributed by atoms with Gasteiger partial charge in [0.25, 0.3) is 0 Å². The fourth-order valence-corrected chi connectivity index (χ4v) is 1.72. The monoisotopic (exact) mass is 259 g/mol. The van der Waals surface area contributed by atoms with Gasteiger partial charge in [0, 0.05) is 6.54 Å². The molecule has 0 radical (unpaired) electrons. The third kappa shape index (κ3) is 3.56. The van der Waals surface area contributed by atoms with Crippen LogP contribution in [-0.4, -0.2) is 23.1 Å². The van der Waals surface area contributed by atoms with Gasteiger partial charge in [-0.3, -0.25) is 0 Å². The van der Waals surface area contributed by atoms with Crippen molar-refractivity contribution in [3.05, 3.63) is 24.3 Å². The lowest BCUT2D eigenvalue weighted by Gasteiger charge is -2.12. The average Bonchev–Trinajstić information content (AvgIpc) is 2.42. The molecule has 102 valence electrons. The number of aromatic nitrogens is 2. The highest BCUT2D eigenvalue weighted by atomic mass is 16.5. The van der Waals surface area contributed by atoms with Crippen molar-refractivity contribution in [2.75, 3.05) is 18.5 Å². The number of nitrogens with one attached hydrogen (secondary N) is 1. The summed E-state index contributed by atoms with van der Waals surface area (Å²) in [6.45, 7) is 7.89. The molecule has 0 saturated carbocycles. The third-order valence-electron chi connectivity index (χ3n) is 2.65. The zero-order valence-corrected chi connectivity index (χ0v) is 11.8. The summed E-state index contributed by atoms with van der Waals surface area (Å²) in [6.07, 6.45) is 1.04. The first kappa shape index (κ1) is 13.6. The molecule has 2 rings (SSSR count). The van der Waals surface area contributed by atoms with E-state index in [9.17, 15) is 0 Å². The van der Waals surface area contributed by atoms with Crippen molar-refractivity contribution in [1.29, 1.82) is 0 Å². The number of ether oxygens (including phenoxy) is 1. The van der Waals surface area contributed by atoms with Gasteiger partial charge in [0.2, 0.25) is 11.8 Å². The number of hydrogen-bond acceptors (Lipinski definition) is 4.